The van der Waals surface area contributed by atoms with E-state index >= 15 is 0 Å². The zero-order valence-electron chi connectivity index (χ0n) is 17.1. The predicted molar refractivity (Wildman–Crippen MR) is 102 cm³/mol. The lowest BCUT2D eigenvalue weighted by Crippen LogP contribution is -3.00. The first-order valence-corrected chi connectivity index (χ1v) is 9.47. The van der Waals surface area contributed by atoms with Gasteiger partial charge in [-0.2, -0.15) is 5.26 Å². The van der Waals surface area contributed by atoms with E-state index in [0.29, 0.717) is 12.6 Å². The molecule has 1 fully saturated rings. The minimum atomic E-state index is -0.465. The fourth-order valence-corrected chi connectivity index (χ4v) is 4.48. The van der Waals surface area contributed by atoms with Crippen molar-refractivity contribution in [3.63, 3.8) is 0 Å². The Kier molecular flexibility index (Phi) is 7.33. The maximum absolute atomic E-state index is 10.6. The van der Waals surface area contributed by atoms with E-state index < -0.39 is 6.10 Å². The number of quaternary nitrogens is 1. The molecule has 3 nitrogen and oxygen atoms in total. The summed E-state index contributed by atoms with van der Waals surface area (Å²) >= 11 is 0. The van der Waals surface area contributed by atoms with E-state index in [-0.39, 0.29) is 28.7 Å². The summed E-state index contributed by atoms with van der Waals surface area (Å²) in [6.45, 7) is 13.8. The Morgan fingerprint density at radius 3 is 2.27 bits per heavy atom. The van der Waals surface area contributed by atoms with Crippen molar-refractivity contribution in [2.45, 2.75) is 78.4 Å². The van der Waals surface area contributed by atoms with E-state index in [1.807, 2.05) is 12.1 Å². The van der Waals surface area contributed by atoms with Crippen LogP contribution in [0.4, 0.5) is 0 Å². The number of aliphatic hydroxyl groups excluding tert-OH is 1. The summed E-state index contributed by atoms with van der Waals surface area (Å²) in [5.41, 5.74) is 2.32. The third kappa shape index (κ3) is 5.98. The van der Waals surface area contributed by atoms with Crippen molar-refractivity contribution in [2.24, 2.45) is 10.8 Å². The minimum absolute atomic E-state index is 0. The van der Waals surface area contributed by atoms with Crippen LogP contribution in [0.2, 0.25) is 0 Å². The highest BCUT2D eigenvalue weighted by Crippen LogP contribution is 2.44. The van der Waals surface area contributed by atoms with Gasteiger partial charge in [-0.3, -0.25) is 0 Å². The Morgan fingerprint density at radius 1 is 1.19 bits per heavy atom. The second kappa shape index (κ2) is 8.30. The van der Waals surface area contributed by atoms with Crippen LogP contribution < -0.4 is 17.7 Å². The largest absolute Gasteiger partial charge is 1.00 e. The summed E-state index contributed by atoms with van der Waals surface area (Å²) in [6, 6.07) is 11.3. The van der Waals surface area contributed by atoms with Crippen molar-refractivity contribution in [2.75, 3.05) is 6.54 Å². The topological polar surface area (TPSA) is 60.6 Å². The number of benzene rings is 1. The number of nitrogens with two attached hydrogens (primary N) is 1. The summed E-state index contributed by atoms with van der Waals surface area (Å²) in [5.74, 6) is 0. The number of aliphatic hydroxyl groups is 1. The van der Waals surface area contributed by atoms with E-state index in [1.54, 1.807) is 0 Å². The monoisotopic (exact) mass is 378 g/mol. The second-order valence-corrected chi connectivity index (χ2v) is 10.0. The molecule has 0 amide bonds. The molecular weight excluding hydrogens is 344 g/mol. The lowest BCUT2D eigenvalue weighted by molar-refractivity contribution is -0.701. The first-order chi connectivity index (χ1) is 11.4. The maximum Gasteiger partial charge on any atom is 0.128 e. The van der Waals surface area contributed by atoms with Gasteiger partial charge in [0.05, 0.1) is 17.5 Å². The van der Waals surface area contributed by atoms with Gasteiger partial charge in [-0.25, -0.2) is 0 Å². The summed E-state index contributed by atoms with van der Waals surface area (Å²) in [5, 5.41) is 22.3. The van der Waals surface area contributed by atoms with Crippen molar-refractivity contribution in [3.05, 3.63) is 35.4 Å². The molecule has 0 spiro atoms. The Hall–Kier alpha value is -1.08. The Labute approximate surface area is 165 Å². The van der Waals surface area contributed by atoms with Gasteiger partial charge in [0.2, 0.25) is 0 Å². The molecule has 1 aliphatic rings. The molecule has 0 aliphatic heterocycles. The minimum Gasteiger partial charge on any atom is -1.00 e. The van der Waals surface area contributed by atoms with Gasteiger partial charge in [-0.1, -0.05) is 58.9 Å². The average Bonchev–Trinajstić information content (AvgIpc) is 2.50. The van der Waals surface area contributed by atoms with Crippen LogP contribution in [0.1, 0.15) is 78.0 Å². The molecule has 2 rings (SSSR count). The van der Waals surface area contributed by atoms with Crippen LogP contribution in [-0.4, -0.2) is 17.7 Å². The van der Waals surface area contributed by atoms with Crippen LogP contribution in [-0.2, 0) is 5.41 Å². The van der Waals surface area contributed by atoms with Crippen molar-refractivity contribution in [1.82, 2.24) is 0 Å². The van der Waals surface area contributed by atoms with Gasteiger partial charge in [0.25, 0.3) is 0 Å². The number of nitriles is 1. The summed E-state index contributed by atoms with van der Waals surface area (Å²) in [4.78, 5) is 0. The fraction of sp³-hybridized carbons (Fsp3) is 0.682. The molecule has 4 heteroatoms. The smallest absolute Gasteiger partial charge is 0.128 e. The van der Waals surface area contributed by atoms with E-state index in [9.17, 15) is 10.4 Å². The average molecular weight is 379 g/mol. The fourth-order valence-electron chi connectivity index (χ4n) is 4.48. The zero-order valence-corrected chi connectivity index (χ0v) is 17.9. The van der Waals surface area contributed by atoms with Crippen molar-refractivity contribution in [1.29, 1.82) is 5.26 Å². The van der Waals surface area contributed by atoms with Gasteiger partial charge in [0.15, 0.2) is 0 Å². The highest BCUT2D eigenvalue weighted by Gasteiger charge is 2.43. The SMILES string of the molecule is CC1(C)CC([NH2+]CC(O)c2ccc(C(C)(C)C)cc2)CC(C)(C#N)C1.[Cl-]. The van der Waals surface area contributed by atoms with Gasteiger partial charge < -0.3 is 22.8 Å². The number of rotatable bonds is 4. The molecule has 0 bridgehead atoms. The molecule has 0 aromatic heterocycles. The lowest BCUT2D eigenvalue weighted by Gasteiger charge is -2.41. The normalized spacial score (nSPS) is 26.5. The Morgan fingerprint density at radius 2 is 1.77 bits per heavy atom. The van der Waals surface area contributed by atoms with Gasteiger partial charge in [-0.15, -0.1) is 0 Å². The van der Waals surface area contributed by atoms with Crippen LogP contribution in [0.25, 0.3) is 0 Å². The van der Waals surface area contributed by atoms with Crippen molar-refractivity contribution < 1.29 is 22.8 Å². The quantitative estimate of drug-likeness (QED) is 0.810. The van der Waals surface area contributed by atoms with Crippen LogP contribution in [0.3, 0.4) is 0 Å². The molecule has 0 saturated heterocycles. The molecule has 0 heterocycles. The third-order valence-corrected chi connectivity index (χ3v) is 5.52. The number of nitrogens with zero attached hydrogens (tertiary/aromatic N) is 1. The summed E-state index contributed by atoms with van der Waals surface area (Å²) < 4.78 is 0. The third-order valence-electron chi connectivity index (χ3n) is 5.52. The highest BCUT2D eigenvalue weighted by atomic mass is 35.5. The maximum atomic E-state index is 10.6. The van der Waals surface area contributed by atoms with Crippen LogP contribution >= 0.6 is 0 Å². The molecule has 26 heavy (non-hydrogen) atoms. The van der Waals surface area contributed by atoms with E-state index in [0.717, 1.165) is 24.8 Å². The predicted octanol–water partition coefficient (Wildman–Crippen LogP) is 0.693. The second-order valence-electron chi connectivity index (χ2n) is 10.0. The lowest BCUT2D eigenvalue weighted by atomic mass is 9.63. The van der Waals surface area contributed by atoms with Crippen molar-refractivity contribution >= 4 is 0 Å². The molecular formula is C22H35ClN2O. The molecule has 3 N–H and O–H groups in total. The Balaban J connectivity index is 0.00000338. The number of hydrogen-bond acceptors (Lipinski definition) is 2. The molecule has 1 aromatic carbocycles. The van der Waals surface area contributed by atoms with Crippen LogP contribution in [0.5, 0.6) is 0 Å². The molecule has 0 radical (unpaired) electrons. The van der Waals surface area contributed by atoms with E-state index in [4.69, 9.17) is 0 Å². The standard InChI is InChI=1S/C22H34N2O.ClH/c1-20(2,3)17-9-7-16(8-10-17)19(25)13-24-18-11-21(4,5)14-22(6,12-18)15-23;/h7-10,18-19,24-25H,11-14H2,1-6H3;1H. The zero-order chi connectivity index (χ0) is 18.9. The molecule has 146 valence electrons. The first-order valence-electron chi connectivity index (χ1n) is 9.47. The number of halogens is 1. The van der Waals surface area contributed by atoms with Crippen molar-refractivity contribution in [3.8, 4) is 6.07 Å². The molecule has 3 unspecified atom stereocenters. The molecule has 1 aliphatic carbocycles. The van der Waals surface area contributed by atoms with E-state index in [2.05, 4.69) is 65.1 Å². The molecule has 3 atom stereocenters. The van der Waals surface area contributed by atoms with Crippen LogP contribution in [0.15, 0.2) is 24.3 Å². The van der Waals surface area contributed by atoms with Crippen LogP contribution in [0, 0.1) is 22.2 Å². The summed E-state index contributed by atoms with van der Waals surface area (Å²) in [6.07, 6.45) is 2.49. The Bertz CT molecular complexity index is 627. The van der Waals surface area contributed by atoms with E-state index in [1.165, 1.54) is 5.56 Å². The highest BCUT2D eigenvalue weighted by molar-refractivity contribution is 5.28. The molecule has 1 aromatic rings. The summed E-state index contributed by atoms with van der Waals surface area (Å²) in [7, 11) is 0. The van der Waals surface area contributed by atoms with Gasteiger partial charge in [0.1, 0.15) is 12.6 Å². The van der Waals surface area contributed by atoms with Gasteiger partial charge >= 0.3 is 0 Å². The van der Waals surface area contributed by atoms with Gasteiger partial charge in [0, 0.05) is 12.8 Å². The van der Waals surface area contributed by atoms with Gasteiger partial charge in [-0.05, 0) is 35.3 Å². The first kappa shape index (κ1) is 23.0. The molecule has 1 saturated carbocycles. The number of hydrogen-bond donors (Lipinski definition) is 2.